The Bertz CT molecular complexity index is 969. The van der Waals surface area contributed by atoms with Gasteiger partial charge in [-0.15, -0.1) is 11.8 Å². The molecule has 2 amide bonds. The second kappa shape index (κ2) is 9.98. The molecule has 1 N–H and O–H groups in total. The Balaban J connectivity index is 1.60. The third-order valence-corrected chi connectivity index (χ3v) is 5.54. The van der Waals surface area contributed by atoms with Crippen LogP contribution in [0.2, 0.25) is 0 Å². The van der Waals surface area contributed by atoms with E-state index in [0.29, 0.717) is 5.75 Å². The molecule has 6 heteroatoms. The SMILES string of the molecule is CCc1ccccc1NC(=O)CN(C)C(=O)c1occc1CSc1ccccc1. The van der Waals surface area contributed by atoms with Crippen LogP contribution in [0.4, 0.5) is 5.69 Å². The van der Waals surface area contributed by atoms with E-state index in [-0.39, 0.29) is 24.1 Å². The minimum Gasteiger partial charge on any atom is -0.459 e. The van der Waals surface area contributed by atoms with Gasteiger partial charge in [-0.25, -0.2) is 0 Å². The molecular formula is C23H24N2O3S. The fourth-order valence-corrected chi connectivity index (χ4v) is 3.81. The third kappa shape index (κ3) is 5.51. The van der Waals surface area contributed by atoms with E-state index in [1.165, 1.54) is 11.2 Å². The van der Waals surface area contributed by atoms with E-state index in [0.717, 1.165) is 28.1 Å². The van der Waals surface area contributed by atoms with E-state index in [4.69, 9.17) is 4.42 Å². The second-order valence-corrected chi connectivity index (χ2v) is 7.65. The van der Waals surface area contributed by atoms with Gasteiger partial charge in [0.15, 0.2) is 5.76 Å². The standard InChI is InChI=1S/C23H24N2O3S/c1-3-17-9-7-8-12-20(17)24-21(26)15-25(2)23(27)22-18(13-14-28-22)16-29-19-10-5-4-6-11-19/h4-14H,3,15-16H2,1-2H3,(H,24,26). The van der Waals surface area contributed by atoms with E-state index < -0.39 is 0 Å². The van der Waals surface area contributed by atoms with Crippen LogP contribution in [0.5, 0.6) is 0 Å². The summed E-state index contributed by atoms with van der Waals surface area (Å²) >= 11 is 1.63. The number of nitrogens with one attached hydrogen (secondary N) is 1. The van der Waals surface area contributed by atoms with Crippen LogP contribution in [-0.2, 0) is 17.0 Å². The predicted molar refractivity (Wildman–Crippen MR) is 116 cm³/mol. The highest BCUT2D eigenvalue weighted by Crippen LogP contribution is 2.25. The third-order valence-electron chi connectivity index (χ3n) is 4.48. The van der Waals surface area contributed by atoms with Crippen LogP contribution in [0.1, 0.15) is 28.6 Å². The number of furan rings is 1. The quantitative estimate of drug-likeness (QED) is 0.542. The molecule has 2 aromatic carbocycles. The van der Waals surface area contributed by atoms with Gasteiger partial charge in [-0.05, 0) is 36.2 Å². The van der Waals surface area contributed by atoms with E-state index in [9.17, 15) is 9.59 Å². The molecule has 0 unspecified atom stereocenters. The molecule has 3 rings (SSSR count). The number of rotatable bonds is 8. The van der Waals surface area contributed by atoms with Crippen molar-refractivity contribution in [3.63, 3.8) is 0 Å². The number of benzene rings is 2. The first kappa shape index (κ1) is 20.7. The maximum atomic E-state index is 12.8. The van der Waals surface area contributed by atoms with Crippen molar-refractivity contribution in [3.05, 3.63) is 83.8 Å². The molecule has 150 valence electrons. The molecule has 1 aromatic heterocycles. The van der Waals surface area contributed by atoms with Crippen LogP contribution in [0.15, 0.2) is 76.2 Å². The zero-order chi connectivity index (χ0) is 20.6. The normalized spacial score (nSPS) is 10.6. The molecule has 0 bridgehead atoms. The average molecular weight is 409 g/mol. The molecule has 0 aliphatic rings. The topological polar surface area (TPSA) is 62.6 Å². The Morgan fingerprint density at radius 2 is 1.72 bits per heavy atom. The highest BCUT2D eigenvalue weighted by atomic mass is 32.2. The molecule has 0 saturated heterocycles. The lowest BCUT2D eigenvalue weighted by molar-refractivity contribution is -0.116. The van der Waals surface area contributed by atoms with Crippen molar-refractivity contribution in [3.8, 4) is 0 Å². The second-order valence-electron chi connectivity index (χ2n) is 6.60. The maximum Gasteiger partial charge on any atom is 0.290 e. The molecule has 0 saturated carbocycles. The van der Waals surface area contributed by atoms with Gasteiger partial charge in [-0.3, -0.25) is 9.59 Å². The van der Waals surface area contributed by atoms with Gasteiger partial charge in [0.1, 0.15) is 0 Å². The summed E-state index contributed by atoms with van der Waals surface area (Å²) in [5, 5.41) is 2.89. The van der Waals surface area contributed by atoms with Gasteiger partial charge >= 0.3 is 0 Å². The Labute approximate surface area is 175 Å². The number of carbonyl (C=O) groups is 2. The smallest absolute Gasteiger partial charge is 0.290 e. The van der Waals surface area contributed by atoms with Gasteiger partial charge < -0.3 is 14.6 Å². The highest BCUT2D eigenvalue weighted by molar-refractivity contribution is 7.98. The van der Waals surface area contributed by atoms with Crippen molar-refractivity contribution in [2.45, 2.75) is 24.0 Å². The molecule has 0 atom stereocenters. The monoisotopic (exact) mass is 408 g/mol. The Hall–Kier alpha value is -2.99. The fraction of sp³-hybridized carbons (Fsp3) is 0.217. The van der Waals surface area contributed by atoms with Crippen LogP contribution < -0.4 is 5.32 Å². The van der Waals surface area contributed by atoms with Gasteiger partial charge in [0.2, 0.25) is 5.91 Å². The van der Waals surface area contributed by atoms with Gasteiger partial charge in [0.25, 0.3) is 5.91 Å². The lowest BCUT2D eigenvalue weighted by Gasteiger charge is -2.17. The van der Waals surface area contributed by atoms with Crippen LogP contribution >= 0.6 is 11.8 Å². The summed E-state index contributed by atoms with van der Waals surface area (Å²) in [5.74, 6) is 0.342. The molecule has 5 nitrogen and oxygen atoms in total. The fourth-order valence-electron chi connectivity index (χ4n) is 2.92. The summed E-state index contributed by atoms with van der Waals surface area (Å²) in [7, 11) is 1.60. The van der Waals surface area contributed by atoms with Crippen molar-refractivity contribution in [2.24, 2.45) is 0 Å². The zero-order valence-electron chi connectivity index (χ0n) is 16.6. The number of aryl methyl sites for hydroxylation is 1. The predicted octanol–water partition coefficient (Wildman–Crippen LogP) is 4.85. The molecule has 0 fully saturated rings. The number of amides is 2. The van der Waals surface area contributed by atoms with Crippen molar-refractivity contribution in [1.82, 2.24) is 4.90 Å². The molecule has 0 aliphatic heterocycles. The van der Waals surface area contributed by atoms with E-state index in [1.807, 2.05) is 61.5 Å². The van der Waals surface area contributed by atoms with Gasteiger partial charge in [0, 0.05) is 28.9 Å². The minimum atomic E-state index is -0.308. The van der Waals surface area contributed by atoms with E-state index >= 15 is 0 Å². The first-order valence-electron chi connectivity index (χ1n) is 9.46. The number of likely N-dealkylation sites (N-methyl/N-ethyl adjacent to an activating group) is 1. The summed E-state index contributed by atoms with van der Waals surface area (Å²) in [6.45, 7) is 1.98. The molecule has 0 radical (unpaired) electrons. The van der Waals surface area contributed by atoms with Crippen molar-refractivity contribution in [2.75, 3.05) is 18.9 Å². The van der Waals surface area contributed by atoms with Crippen molar-refractivity contribution in [1.29, 1.82) is 0 Å². The number of anilines is 1. The molecule has 0 aliphatic carbocycles. The molecule has 29 heavy (non-hydrogen) atoms. The lowest BCUT2D eigenvalue weighted by atomic mass is 10.1. The van der Waals surface area contributed by atoms with Gasteiger partial charge in [-0.2, -0.15) is 0 Å². The van der Waals surface area contributed by atoms with Gasteiger partial charge in [0.05, 0.1) is 12.8 Å². The number of hydrogen-bond donors (Lipinski definition) is 1. The number of nitrogens with zero attached hydrogens (tertiary/aromatic N) is 1. The first-order valence-corrected chi connectivity index (χ1v) is 10.4. The van der Waals surface area contributed by atoms with Crippen LogP contribution in [0.3, 0.4) is 0 Å². The van der Waals surface area contributed by atoms with E-state index in [1.54, 1.807) is 24.9 Å². The largest absolute Gasteiger partial charge is 0.459 e. The summed E-state index contributed by atoms with van der Waals surface area (Å²) in [6, 6.07) is 19.4. The Kier molecular flexibility index (Phi) is 7.14. The number of thioether (sulfide) groups is 1. The maximum absolute atomic E-state index is 12.8. The minimum absolute atomic E-state index is 0.0527. The molecule has 1 heterocycles. The lowest BCUT2D eigenvalue weighted by Crippen LogP contribution is -2.35. The van der Waals surface area contributed by atoms with Crippen molar-refractivity contribution >= 4 is 29.3 Å². The molecule has 3 aromatic rings. The summed E-state index contributed by atoms with van der Waals surface area (Å²) < 4.78 is 5.44. The average Bonchev–Trinajstić information content (AvgIpc) is 3.21. The van der Waals surface area contributed by atoms with Crippen molar-refractivity contribution < 1.29 is 14.0 Å². The first-order chi connectivity index (χ1) is 14.1. The summed E-state index contributed by atoms with van der Waals surface area (Å²) in [5.41, 5.74) is 2.65. The Morgan fingerprint density at radius 1 is 1.00 bits per heavy atom. The van der Waals surface area contributed by atoms with E-state index in [2.05, 4.69) is 5.32 Å². The van der Waals surface area contributed by atoms with Crippen LogP contribution in [0, 0.1) is 0 Å². The highest BCUT2D eigenvalue weighted by Gasteiger charge is 2.21. The number of para-hydroxylation sites is 1. The Morgan fingerprint density at radius 3 is 2.48 bits per heavy atom. The summed E-state index contributed by atoms with van der Waals surface area (Å²) in [6.07, 6.45) is 2.33. The summed E-state index contributed by atoms with van der Waals surface area (Å²) in [4.78, 5) is 27.7. The molecule has 0 spiro atoms. The van der Waals surface area contributed by atoms with Crippen LogP contribution in [0.25, 0.3) is 0 Å². The molecular weight excluding hydrogens is 384 g/mol. The number of carbonyl (C=O) groups excluding carboxylic acids is 2. The zero-order valence-corrected chi connectivity index (χ0v) is 17.4. The number of hydrogen-bond acceptors (Lipinski definition) is 4. The van der Waals surface area contributed by atoms with Gasteiger partial charge in [-0.1, -0.05) is 43.3 Å². The van der Waals surface area contributed by atoms with Crippen LogP contribution in [-0.4, -0.2) is 30.3 Å².